The van der Waals surface area contributed by atoms with E-state index in [0.29, 0.717) is 22.0 Å². The molecule has 0 spiro atoms. The number of hydrogen-bond donors (Lipinski definition) is 1. The molecule has 19 heavy (non-hydrogen) atoms. The van der Waals surface area contributed by atoms with Crippen molar-refractivity contribution in [1.82, 2.24) is 0 Å². The Hall–Kier alpha value is -1.09. The third-order valence-corrected chi connectivity index (χ3v) is 3.90. The molecule has 1 unspecified atom stereocenters. The van der Waals surface area contributed by atoms with E-state index in [1.165, 1.54) is 12.1 Å². The number of benzene rings is 2. The summed E-state index contributed by atoms with van der Waals surface area (Å²) in [6.45, 7) is 1.83. The largest absolute Gasteiger partial charge is 0.388 e. The van der Waals surface area contributed by atoms with Crippen LogP contribution in [0.5, 0.6) is 0 Å². The summed E-state index contributed by atoms with van der Waals surface area (Å²) in [6, 6.07) is 9.62. The van der Waals surface area contributed by atoms with Gasteiger partial charge in [-0.2, -0.15) is 0 Å². The molecular formula is C15H13Cl2FO. The highest BCUT2D eigenvalue weighted by molar-refractivity contribution is 6.42. The van der Waals surface area contributed by atoms with Crippen molar-refractivity contribution in [3.63, 3.8) is 0 Å². The van der Waals surface area contributed by atoms with Gasteiger partial charge in [0.15, 0.2) is 0 Å². The van der Waals surface area contributed by atoms with Crippen LogP contribution >= 0.6 is 23.2 Å². The van der Waals surface area contributed by atoms with Gasteiger partial charge in [-0.1, -0.05) is 41.4 Å². The van der Waals surface area contributed by atoms with Gasteiger partial charge in [-0.3, -0.25) is 0 Å². The lowest BCUT2D eigenvalue weighted by atomic mass is 9.97. The fourth-order valence-corrected chi connectivity index (χ4v) is 2.39. The molecule has 0 aliphatic rings. The van der Waals surface area contributed by atoms with Crippen molar-refractivity contribution in [3.05, 3.63) is 69.0 Å². The van der Waals surface area contributed by atoms with Gasteiger partial charge in [0.05, 0.1) is 16.1 Å². The number of rotatable bonds is 3. The maximum Gasteiger partial charge on any atom is 0.123 e. The SMILES string of the molecule is Cc1ccc(F)cc1C(O)Cc1cccc(Cl)c1Cl. The van der Waals surface area contributed by atoms with Crippen LogP contribution in [-0.2, 0) is 6.42 Å². The van der Waals surface area contributed by atoms with E-state index in [4.69, 9.17) is 23.2 Å². The first-order valence-corrected chi connectivity index (χ1v) is 6.61. The molecule has 0 saturated carbocycles. The molecule has 0 amide bonds. The number of aliphatic hydroxyl groups is 1. The zero-order valence-electron chi connectivity index (χ0n) is 10.3. The Bertz CT molecular complexity index is 599. The molecule has 1 N–H and O–H groups in total. The number of aliphatic hydroxyl groups excluding tert-OH is 1. The maximum absolute atomic E-state index is 13.2. The van der Waals surface area contributed by atoms with Crippen molar-refractivity contribution < 1.29 is 9.50 Å². The van der Waals surface area contributed by atoms with Crippen molar-refractivity contribution in [2.24, 2.45) is 0 Å². The van der Waals surface area contributed by atoms with E-state index in [-0.39, 0.29) is 5.82 Å². The second kappa shape index (κ2) is 5.91. The summed E-state index contributed by atoms with van der Waals surface area (Å²) in [5.41, 5.74) is 2.15. The molecule has 0 aromatic heterocycles. The highest BCUT2D eigenvalue weighted by atomic mass is 35.5. The minimum atomic E-state index is -0.813. The van der Waals surface area contributed by atoms with Gasteiger partial charge in [-0.25, -0.2) is 4.39 Å². The summed E-state index contributed by atoms with van der Waals surface area (Å²) >= 11 is 12.0. The third-order valence-electron chi connectivity index (χ3n) is 3.05. The Labute approximate surface area is 121 Å². The summed E-state index contributed by atoms with van der Waals surface area (Å²) in [6.07, 6.45) is -0.518. The molecule has 1 nitrogen and oxygen atoms in total. The molecule has 2 aromatic carbocycles. The molecule has 0 aliphatic heterocycles. The van der Waals surface area contributed by atoms with Gasteiger partial charge in [0, 0.05) is 6.42 Å². The first-order chi connectivity index (χ1) is 8.99. The summed E-state index contributed by atoms with van der Waals surface area (Å²) in [7, 11) is 0. The van der Waals surface area contributed by atoms with Gasteiger partial charge in [0.1, 0.15) is 5.82 Å². The van der Waals surface area contributed by atoms with Gasteiger partial charge in [-0.05, 0) is 41.8 Å². The second-order valence-electron chi connectivity index (χ2n) is 4.43. The van der Waals surface area contributed by atoms with Gasteiger partial charge in [-0.15, -0.1) is 0 Å². The van der Waals surface area contributed by atoms with Crippen LogP contribution in [0.1, 0.15) is 22.8 Å². The topological polar surface area (TPSA) is 20.2 Å². The van der Waals surface area contributed by atoms with Crippen molar-refractivity contribution in [2.75, 3.05) is 0 Å². The van der Waals surface area contributed by atoms with E-state index in [1.54, 1.807) is 24.3 Å². The number of aryl methyl sites for hydroxylation is 1. The Morgan fingerprint density at radius 1 is 1.21 bits per heavy atom. The van der Waals surface area contributed by atoms with E-state index >= 15 is 0 Å². The Morgan fingerprint density at radius 2 is 1.95 bits per heavy atom. The van der Waals surface area contributed by atoms with Crippen LogP contribution in [0.2, 0.25) is 10.0 Å². The number of hydrogen-bond acceptors (Lipinski definition) is 1. The van der Waals surface area contributed by atoms with Gasteiger partial charge in [0.25, 0.3) is 0 Å². The van der Waals surface area contributed by atoms with Gasteiger partial charge >= 0.3 is 0 Å². The monoisotopic (exact) mass is 298 g/mol. The molecule has 2 rings (SSSR count). The molecule has 0 heterocycles. The third kappa shape index (κ3) is 3.27. The minimum Gasteiger partial charge on any atom is -0.388 e. The molecule has 0 aliphatic carbocycles. The predicted octanol–water partition coefficient (Wildman–Crippen LogP) is 4.72. The Balaban J connectivity index is 2.28. The highest BCUT2D eigenvalue weighted by Gasteiger charge is 2.15. The fraction of sp³-hybridized carbons (Fsp3) is 0.200. The van der Waals surface area contributed by atoms with Crippen LogP contribution in [-0.4, -0.2) is 5.11 Å². The second-order valence-corrected chi connectivity index (χ2v) is 5.22. The fourth-order valence-electron chi connectivity index (χ4n) is 1.99. The Morgan fingerprint density at radius 3 is 2.68 bits per heavy atom. The molecule has 0 radical (unpaired) electrons. The molecule has 2 aromatic rings. The summed E-state index contributed by atoms with van der Waals surface area (Å²) in [5.74, 6) is -0.364. The van der Waals surface area contributed by atoms with Crippen molar-refractivity contribution >= 4 is 23.2 Å². The smallest absolute Gasteiger partial charge is 0.123 e. The van der Waals surface area contributed by atoms with Gasteiger partial charge in [0.2, 0.25) is 0 Å². The Kier molecular flexibility index (Phi) is 4.46. The standard InChI is InChI=1S/C15H13Cl2FO/c1-9-5-6-11(18)8-12(9)14(19)7-10-3-2-4-13(16)15(10)17/h2-6,8,14,19H,7H2,1H3. The van der Waals surface area contributed by atoms with Crippen LogP contribution < -0.4 is 0 Å². The molecule has 4 heteroatoms. The lowest BCUT2D eigenvalue weighted by molar-refractivity contribution is 0.177. The molecule has 100 valence electrons. The normalized spacial score (nSPS) is 12.5. The van der Waals surface area contributed by atoms with E-state index in [0.717, 1.165) is 11.1 Å². The minimum absolute atomic E-state index is 0.295. The van der Waals surface area contributed by atoms with E-state index in [2.05, 4.69) is 0 Å². The van der Waals surface area contributed by atoms with Crippen LogP contribution in [0.25, 0.3) is 0 Å². The van der Waals surface area contributed by atoms with Crippen molar-refractivity contribution in [2.45, 2.75) is 19.4 Å². The van der Waals surface area contributed by atoms with Crippen LogP contribution in [0.3, 0.4) is 0 Å². The van der Waals surface area contributed by atoms with Crippen molar-refractivity contribution in [1.29, 1.82) is 0 Å². The zero-order chi connectivity index (χ0) is 14.0. The molecular weight excluding hydrogens is 286 g/mol. The summed E-state index contributed by atoms with van der Waals surface area (Å²) in [4.78, 5) is 0. The van der Waals surface area contributed by atoms with Crippen LogP contribution in [0, 0.1) is 12.7 Å². The van der Waals surface area contributed by atoms with Crippen LogP contribution in [0.15, 0.2) is 36.4 Å². The first kappa shape index (κ1) is 14.3. The molecule has 0 fully saturated rings. The highest BCUT2D eigenvalue weighted by Crippen LogP contribution is 2.30. The zero-order valence-corrected chi connectivity index (χ0v) is 11.8. The lowest BCUT2D eigenvalue weighted by Crippen LogP contribution is -2.05. The van der Waals surface area contributed by atoms with E-state index in [9.17, 15) is 9.50 Å². The summed E-state index contributed by atoms with van der Waals surface area (Å²) < 4.78 is 13.2. The quantitative estimate of drug-likeness (QED) is 0.869. The average molecular weight is 299 g/mol. The molecule has 0 saturated heterocycles. The van der Waals surface area contributed by atoms with E-state index in [1.807, 2.05) is 6.92 Å². The lowest BCUT2D eigenvalue weighted by Gasteiger charge is -2.15. The van der Waals surface area contributed by atoms with Crippen LogP contribution in [0.4, 0.5) is 4.39 Å². The summed E-state index contributed by atoms with van der Waals surface area (Å²) in [5, 5.41) is 11.1. The number of halogens is 3. The van der Waals surface area contributed by atoms with E-state index < -0.39 is 6.10 Å². The molecule has 0 bridgehead atoms. The predicted molar refractivity (Wildman–Crippen MR) is 76.3 cm³/mol. The average Bonchev–Trinajstić information content (AvgIpc) is 2.38. The maximum atomic E-state index is 13.2. The molecule has 1 atom stereocenters. The first-order valence-electron chi connectivity index (χ1n) is 5.86. The van der Waals surface area contributed by atoms with Crippen molar-refractivity contribution in [3.8, 4) is 0 Å². The van der Waals surface area contributed by atoms with Gasteiger partial charge < -0.3 is 5.11 Å².